The summed E-state index contributed by atoms with van der Waals surface area (Å²) < 4.78 is 0. The molecule has 1 aromatic heterocycles. The van der Waals surface area contributed by atoms with Gasteiger partial charge >= 0.3 is 0 Å². The second kappa shape index (κ2) is 4.56. The Labute approximate surface area is 75.8 Å². The van der Waals surface area contributed by atoms with Gasteiger partial charge < -0.3 is 0 Å². The van der Waals surface area contributed by atoms with Crippen molar-refractivity contribution in [3.05, 3.63) is 22.4 Å². The number of hydrogen-bond donors (Lipinski definition) is 1. The molecule has 1 unspecified atom stereocenters. The van der Waals surface area contributed by atoms with E-state index in [4.69, 9.17) is 11.7 Å². The van der Waals surface area contributed by atoms with Crippen LogP contribution in [0.5, 0.6) is 0 Å². The van der Waals surface area contributed by atoms with Gasteiger partial charge in [0, 0.05) is 4.88 Å². The highest BCUT2D eigenvalue weighted by Gasteiger charge is 2.08. The molecule has 0 saturated carbocycles. The summed E-state index contributed by atoms with van der Waals surface area (Å²) in [5.74, 6) is 2.44. The van der Waals surface area contributed by atoms with Gasteiger partial charge in [0.2, 0.25) is 0 Å². The monoisotopic (exact) mass is 176 g/mol. The lowest BCUT2D eigenvalue weighted by Gasteiger charge is -2.05. The van der Waals surface area contributed by atoms with Gasteiger partial charge in [-0.3, -0.25) is 5.32 Å². The van der Waals surface area contributed by atoms with Crippen molar-refractivity contribution >= 4 is 11.3 Å². The molecule has 0 aliphatic rings. The smallest absolute Gasteiger partial charge is 0.131 e. The fourth-order valence-corrected chi connectivity index (χ4v) is 1.57. The van der Waals surface area contributed by atoms with Crippen LogP contribution >= 0.6 is 11.3 Å². The molecule has 3 heteroatoms. The normalized spacial score (nSPS) is 11.5. The van der Waals surface area contributed by atoms with Crippen molar-refractivity contribution in [1.29, 1.82) is 5.26 Å². The van der Waals surface area contributed by atoms with Gasteiger partial charge in [-0.1, -0.05) is 12.0 Å². The quantitative estimate of drug-likeness (QED) is 0.709. The number of nitriles is 1. The van der Waals surface area contributed by atoms with Crippen molar-refractivity contribution in [2.45, 2.75) is 6.04 Å². The van der Waals surface area contributed by atoms with Crippen LogP contribution in [-0.2, 0) is 0 Å². The van der Waals surface area contributed by atoms with E-state index in [2.05, 4.69) is 17.3 Å². The highest BCUT2D eigenvalue weighted by molar-refractivity contribution is 7.10. The van der Waals surface area contributed by atoms with Gasteiger partial charge in [-0.15, -0.1) is 17.8 Å². The lowest BCUT2D eigenvalue weighted by atomic mass is 10.2. The Bertz CT molecular complexity index is 302. The maximum atomic E-state index is 8.75. The van der Waals surface area contributed by atoms with Crippen molar-refractivity contribution in [3.8, 4) is 18.4 Å². The van der Waals surface area contributed by atoms with Crippen LogP contribution in [0.25, 0.3) is 0 Å². The number of hydrogen-bond acceptors (Lipinski definition) is 3. The van der Waals surface area contributed by atoms with E-state index in [0.717, 1.165) is 4.88 Å². The average Bonchev–Trinajstić information content (AvgIpc) is 2.59. The Morgan fingerprint density at radius 2 is 2.58 bits per heavy atom. The van der Waals surface area contributed by atoms with Crippen LogP contribution in [0.3, 0.4) is 0 Å². The average molecular weight is 176 g/mol. The predicted octanol–water partition coefficient (Wildman–Crippen LogP) is 1.54. The van der Waals surface area contributed by atoms with Crippen molar-refractivity contribution in [2.75, 3.05) is 6.54 Å². The lowest BCUT2D eigenvalue weighted by molar-refractivity contribution is 0.701. The third-order valence-corrected chi connectivity index (χ3v) is 2.30. The van der Waals surface area contributed by atoms with Gasteiger partial charge in [-0.25, -0.2) is 0 Å². The van der Waals surface area contributed by atoms with E-state index in [1.807, 2.05) is 17.5 Å². The maximum Gasteiger partial charge on any atom is 0.131 e. The molecule has 1 atom stereocenters. The number of nitrogens with one attached hydrogen (secondary N) is 1. The Morgan fingerprint density at radius 1 is 1.75 bits per heavy atom. The van der Waals surface area contributed by atoms with Crippen LogP contribution in [0.1, 0.15) is 10.9 Å². The second-order valence-electron chi connectivity index (χ2n) is 2.16. The molecule has 0 aliphatic heterocycles. The molecule has 1 N–H and O–H groups in total. The molecular formula is C9H8N2S. The zero-order chi connectivity index (χ0) is 8.81. The first-order valence-corrected chi connectivity index (χ1v) is 4.36. The highest BCUT2D eigenvalue weighted by Crippen LogP contribution is 2.17. The largest absolute Gasteiger partial charge is 0.287 e. The van der Waals surface area contributed by atoms with Gasteiger partial charge in [0.1, 0.15) is 6.04 Å². The van der Waals surface area contributed by atoms with E-state index in [-0.39, 0.29) is 6.04 Å². The van der Waals surface area contributed by atoms with E-state index in [0.29, 0.717) is 6.54 Å². The van der Waals surface area contributed by atoms with E-state index in [1.165, 1.54) is 0 Å². The maximum absolute atomic E-state index is 8.75. The van der Waals surface area contributed by atoms with Gasteiger partial charge in [0.25, 0.3) is 0 Å². The minimum Gasteiger partial charge on any atom is -0.287 e. The molecule has 1 aromatic rings. The summed E-state index contributed by atoms with van der Waals surface area (Å²) in [6.07, 6.45) is 5.07. The molecule has 0 saturated heterocycles. The fourth-order valence-electron chi connectivity index (χ4n) is 0.826. The first kappa shape index (κ1) is 8.80. The third-order valence-electron chi connectivity index (χ3n) is 1.37. The summed E-state index contributed by atoms with van der Waals surface area (Å²) in [5.41, 5.74) is 0. The molecule has 60 valence electrons. The minimum atomic E-state index is -0.263. The number of rotatable bonds is 3. The van der Waals surface area contributed by atoms with Crippen molar-refractivity contribution in [1.82, 2.24) is 5.32 Å². The van der Waals surface area contributed by atoms with Crippen molar-refractivity contribution in [2.24, 2.45) is 0 Å². The number of nitrogens with zero attached hydrogens (tertiary/aromatic N) is 1. The summed E-state index contributed by atoms with van der Waals surface area (Å²) in [7, 11) is 0. The zero-order valence-electron chi connectivity index (χ0n) is 6.45. The molecule has 0 fully saturated rings. The van der Waals surface area contributed by atoms with Crippen LogP contribution in [-0.4, -0.2) is 6.54 Å². The highest BCUT2D eigenvalue weighted by atomic mass is 32.1. The van der Waals surface area contributed by atoms with E-state index < -0.39 is 0 Å². The zero-order valence-corrected chi connectivity index (χ0v) is 7.27. The summed E-state index contributed by atoms with van der Waals surface area (Å²) in [4.78, 5) is 1.01. The van der Waals surface area contributed by atoms with Crippen LogP contribution < -0.4 is 5.32 Å². The predicted molar refractivity (Wildman–Crippen MR) is 49.5 cm³/mol. The molecule has 0 radical (unpaired) electrons. The van der Waals surface area contributed by atoms with Gasteiger partial charge in [0.05, 0.1) is 12.6 Å². The van der Waals surface area contributed by atoms with Gasteiger partial charge in [-0.05, 0) is 11.4 Å². The first-order chi connectivity index (χ1) is 5.88. The summed E-state index contributed by atoms with van der Waals surface area (Å²) in [6, 6.07) is 5.72. The summed E-state index contributed by atoms with van der Waals surface area (Å²) in [6.45, 7) is 0.427. The van der Waals surface area contributed by atoms with Gasteiger partial charge in [-0.2, -0.15) is 5.26 Å². The standard InChI is InChI=1S/C9H8N2S/c1-2-5-11-8(7-10)9-4-3-6-12-9/h1,3-4,6,8,11H,5H2. The van der Waals surface area contributed by atoms with E-state index in [1.54, 1.807) is 11.3 Å². The lowest BCUT2D eigenvalue weighted by Crippen LogP contribution is -2.18. The molecule has 0 spiro atoms. The SMILES string of the molecule is C#CCNC(C#N)c1cccs1. The Balaban J connectivity index is 2.60. The Morgan fingerprint density at radius 3 is 3.08 bits per heavy atom. The molecule has 0 aliphatic carbocycles. The van der Waals surface area contributed by atoms with Crippen LogP contribution in [0.2, 0.25) is 0 Å². The van der Waals surface area contributed by atoms with Crippen LogP contribution in [0.15, 0.2) is 17.5 Å². The third kappa shape index (κ3) is 2.10. The summed E-state index contributed by atoms with van der Waals surface area (Å²) >= 11 is 1.55. The van der Waals surface area contributed by atoms with Crippen molar-refractivity contribution < 1.29 is 0 Å². The molecule has 0 amide bonds. The van der Waals surface area contributed by atoms with Gasteiger partial charge in [0.15, 0.2) is 0 Å². The Kier molecular flexibility index (Phi) is 3.35. The second-order valence-corrected chi connectivity index (χ2v) is 3.14. The summed E-state index contributed by atoms with van der Waals surface area (Å²) in [5, 5.41) is 13.6. The Hall–Kier alpha value is -1.29. The topological polar surface area (TPSA) is 35.8 Å². The molecule has 0 bridgehead atoms. The number of thiophene rings is 1. The van der Waals surface area contributed by atoms with E-state index >= 15 is 0 Å². The molecule has 2 nitrogen and oxygen atoms in total. The number of terminal acetylenes is 1. The minimum absolute atomic E-state index is 0.263. The van der Waals surface area contributed by atoms with Crippen LogP contribution in [0.4, 0.5) is 0 Å². The fraction of sp³-hybridized carbons (Fsp3) is 0.222. The molecule has 0 aromatic carbocycles. The molecule has 1 rings (SSSR count). The van der Waals surface area contributed by atoms with Crippen molar-refractivity contribution in [3.63, 3.8) is 0 Å². The molecule has 12 heavy (non-hydrogen) atoms. The van der Waals surface area contributed by atoms with E-state index in [9.17, 15) is 0 Å². The molecular weight excluding hydrogens is 168 g/mol. The molecule has 1 heterocycles. The van der Waals surface area contributed by atoms with Crippen LogP contribution in [0, 0.1) is 23.7 Å². The first-order valence-electron chi connectivity index (χ1n) is 3.48.